The lowest BCUT2D eigenvalue weighted by atomic mass is 10.0. The molecule has 3 heteroatoms. The zero-order valence-corrected chi connectivity index (χ0v) is 15.0. The Kier molecular flexibility index (Phi) is 4.11. The van der Waals surface area contributed by atoms with Crippen LogP contribution in [0.5, 0.6) is 0 Å². The second-order valence-corrected chi connectivity index (χ2v) is 10.4. The number of benzene rings is 2. The van der Waals surface area contributed by atoms with Crippen LogP contribution in [0.15, 0.2) is 48.5 Å². The summed E-state index contributed by atoms with van der Waals surface area (Å²) in [6.45, 7) is 4.56. The molecular formula is C19H25NOSi. The topological polar surface area (TPSA) is 12.5 Å². The van der Waals surface area contributed by atoms with Crippen molar-refractivity contribution in [2.45, 2.75) is 32.0 Å². The summed E-state index contributed by atoms with van der Waals surface area (Å²) in [5, 5.41) is 1.50. The van der Waals surface area contributed by atoms with Crippen LogP contribution >= 0.6 is 0 Å². The molecule has 1 aliphatic heterocycles. The average molecular weight is 312 g/mol. The Morgan fingerprint density at radius 1 is 0.955 bits per heavy atom. The maximum Gasteiger partial charge on any atom is 0.225 e. The molecule has 0 aromatic heterocycles. The molecular weight excluding hydrogens is 286 g/mol. The Labute approximate surface area is 134 Å². The third-order valence-electron chi connectivity index (χ3n) is 4.93. The fourth-order valence-corrected chi connectivity index (χ4v) is 7.06. The van der Waals surface area contributed by atoms with Gasteiger partial charge in [0.1, 0.15) is 0 Å². The normalized spacial score (nSPS) is 19.0. The molecule has 3 rings (SSSR count). The van der Waals surface area contributed by atoms with Gasteiger partial charge in [0.2, 0.25) is 8.32 Å². The summed E-state index contributed by atoms with van der Waals surface area (Å²) < 4.78 is 6.73. The van der Waals surface area contributed by atoms with E-state index in [1.54, 1.807) is 0 Å². The molecule has 0 spiro atoms. The van der Waals surface area contributed by atoms with Crippen LogP contribution in [0.2, 0.25) is 12.1 Å². The largest absolute Gasteiger partial charge is 0.401 e. The molecule has 1 aliphatic rings. The van der Waals surface area contributed by atoms with Crippen molar-refractivity contribution >= 4 is 19.2 Å². The number of rotatable bonds is 4. The van der Waals surface area contributed by atoms with E-state index >= 15 is 0 Å². The summed E-state index contributed by atoms with van der Waals surface area (Å²) in [4.78, 5) is 2.13. The molecule has 0 amide bonds. The fraction of sp³-hybridized carbons (Fsp3) is 0.368. The van der Waals surface area contributed by atoms with Crippen molar-refractivity contribution in [1.82, 2.24) is 0 Å². The summed E-state index contributed by atoms with van der Waals surface area (Å²) in [5.74, 6) is 0. The lowest BCUT2D eigenvalue weighted by Crippen LogP contribution is -2.45. The van der Waals surface area contributed by atoms with Crippen LogP contribution in [-0.4, -0.2) is 22.4 Å². The first-order valence-corrected chi connectivity index (χ1v) is 10.5. The minimum atomic E-state index is -1.79. The summed E-state index contributed by atoms with van der Waals surface area (Å²) in [6.07, 6.45) is 0.110. The van der Waals surface area contributed by atoms with Crippen molar-refractivity contribution in [2.24, 2.45) is 0 Å². The van der Waals surface area contributed by atoms with E-state index in [0.717, 1.165) is 12.1 Å². The first-order valence-electron chi connectivity index (χ1n) is 8.16. The number of fused-ring (bicyclic) bond motifs is 1. The monoisotopic (exact) mass is 311 g/mol. The molecule has 0 saturated carbocycles. The zero-order chi connectivity index (χ0) is 15.7. The molecule has 0 radical (unpaired) electrons. The van der Waals surface area contributed by atoms with Crippen molar-refractivity contribution in [3.8, 4) is 0 Å². The van der Waals surface area contributed by atoms with Crippen LogP contribution in [0.25, 0.3) is 0 Å². The van der Waals surface area contributed by atoms with Gasteiger partial charge in [0, 0.05) is 19.8 Å². The van der Waals surface area contributed by atoms with Crippen LogP contribution < -0.4 is 10.1 Å². The Hall–Kier alpha value is -1.58. The van der Waals surface area contributed by atoms with Gasteiger partial charge in [0.05, 0.1) is 6.10 Å². The van der Waals surface area contributed by atoms with Gasteiger partial charge in [-0.3, -0.25) is 0 Å². The predicted molar refractivity (Wildman–Crippen MR) is 96.5 cm³/mol. The van der Waals surface area contributed by atoms with E-state index in [1.807, 2.05) is 0 Å². The zero-order valence-electron chi connectivity index (χ0n) is 14.0. The van der Waals surface area contributed by atoms with E-state index in [-0.39, 0.29) is 6.10 Å². The molecule has 0 aliphatic carbocycles. The molecule has 0 bridgehead atoms. The maximum atomic E-state index is 6.73. The van der Waals surface area contributed by atoms with E-state index in [0.29, 0.717) is 0 Å². The van der Waals surface area contributed by atoms with Gasteiger partial charge in [-0.15, -0.1) is 0 Å². The lowest BCUT2D eigenvalue weighted by Gasteiger charge is -2.25. The molecule has 1 atom stereocenters. The van der Waals surface area contributed by atoms with E-state index in [4.69, 9.17) is 4.43 Å². The predicted octanol–water partition coefficient (Wildman–Crippen LogP) is 4.06. The second-order valence-electron chi connectivity index (χ2n) is 6.27. The highest BCUT2D eigenvalue weighted by molar-refractivity contribution is 6.87. The molecule has 2 aromatic carbocycles. The standard InChI is InChI=1S/C19H25NOSi/c1-5-22(6-2)18-10-8-7-9-17(18)19(21-22)15-11-13-16(14-12-15)20(3)4/h7-14,19H,5-6H2,1-4H3/t19-/m0/s1. The van der Waals surface area contributed by atoms with Gasteiger partial charge in [-0.25, -0.2) is 0 Å². The summed E-state index contributed by atoms with van der Waals surface area (Å²) in [5.41, 5.74) is 3.88. The van der Waals surface area contributed by atoms with Gasteiger partial charge in [0.25, 0.3) is 0 Å². The first kappa shape index (κ1) is 15.3. The van der Waals surface area contributed by atoms with Crippen LogP contribution in [-0.2, 0) is 4.43 Å². The fourth-order valence-electron chi connectivity index (χ4n) is 3.49. The van der Waals surface area contributed by atoms with Crippen LogP contribution in [0.3, 0.4) is 0 Å². The number of nitrogens with zero attached hydrogens (tertiary/aromatic N) is 1. The molecule has 116 valence electrons. The van der Waals surface area contributed by atoms with Crippen molar-refractivity contribution in [1.29, 1.82) is 0 Å². The van der Waals surface area contributed by atoms with Crippen molar-refractivity contribution in [3.63, 3.8) is 0 Å². The number of hydrogen-bond acceptors (Lipinski definition) is 2. The average Bonchev–Trinajstić information content (AvgIpc) is 2.90. The van der Waals surface area contributed by atoms with Gasteiger partial charge in [-0.1, -0.05) is 50.2 Å². The van der Waals surface area contributed by atoms with E-state index < -0.39 is 8.32 Å². The molecule has 2 nitrogen and oxygen atoms in total. The summed E-state index contributed by atoms with van der Waals surface area (Å²) in [7, 11) is 2.35. The lowest BCUT2D eigenvalue weighted by molar-refractivity contribution is 0.253. The van der Waals surface area contributed by atoms with Crippen molar-refractivity contribution in [2.75, 3.05) is 19.0 Å². The van der Waals surface area contributed by atoms with E-state index in [2.05, 4.69) is 81.4 Å². The Morgan fingerprint density at radius 2 is 1.59 bits per heavy atom. The van der Waals surface area contributed by atoms with Gasteiger partial charge in [-0.2, -0.15) is 0 Å². The quantitative estimate of drug-likeness (QED) is 0.789. The number of anilines is 1. The van der Waals surface area contributed by atoms with Crippen molar-refractivity contribution in [3.05, 3.63) is 59.7 Å². The van der Waals surface area contributed by atoms with Crippen molar-refractivity contribution < 1.29 is 4.43 Å². The van der Waals surface area contributed by atoms with Gasteiger partial charge >= 0.3 is 0 Å². The van der Waals surface area contributed by atoms with Crippen LogP contribution in [0.4, 0.5) is 5.69 Å². The summed E-state index contributed by atoms with van der Waals surface area (Å²) >= 11 is 0. The van der Waals surface area contributed by atoms with Crippen LogP contribution in [0.1, 0.15) is 31.1 Å². The van der Waals surface area contributed by atoms with Gasteiger partial charge in [-0.05, 0) is 40.5 Å². The second kappa shape index (κ2) is 5.90. The highest BCUT2D eigenvalue weighted by Crippen LogP contribution is 2.38. The third kappa shape index (κ3) is 2.38. The molecule has 0 N–H and O–H groups in total. The Bertz CT molecular complexity index is 647. The molecule has 0 saturated heterocycles. The first-order chi connectivity index (χ1) is 10.6. The highest BCUT2D eigenvalue weighted by atomic mass is 28.4. The van der Waals surface area contributed by atoms with Gasteiger partial charge in [0.15, 0.2) is 0 Å². The molecule has 2 aromatic rings. The highest BCUT2D eigenvalue weighted by Gasteiger charge is 2.45. The minimum absolute atomic E-state index is 0.110. The SMILES string of the molecule is CC[Si]1(CC)O[C@@H](c2ccc(N(C)C)cc2)c2ccccc21. The van der Waals surface area contributed by atoms with E-state index in [9.17, 15) is 0 Å². The van der Waals surface area contributed by atoms with E-state index in [1.165, 1.54) is 22.0 Å². The van der Waals surface area contributed by atoms with Crippen LogP contribution in [0, 0.1) is 0 Å². The number of hydrogen-bond donors (Lipinski definition) is 0. The molecule has 22 heavy (non-hydrogen) atoms. The smallest absolute Gasteiger partial charge is 0.225 e. The maximum absolute atomic E-state index is 6.73. The molecule has 0 fully saturated rings. The Morgan fingerprint density at radius 3 is 2.18 bits per heavy atom. The van der Waals surface area contributed by atoms with Gasteiger partial charge < -0.3 is 9.33 Å². The Balaban J connectivity index is 2.02. The molecule has 1 heterocycles. The summed E-state index contributed by atoms with van der Waals surface area (Å²) in [6, 6.07) is 19.9. The molecule has 0 unspecified atom stereocenters. The third-order valence-corrected chi connectivity index (χ3v) is 9.34. The minimum Gasteiger partial charge on any atom is -0.401 e.